The lowest BCUT2D eigenvalue weighted by Gasteiger charge is -2.18. The van der Waals surface area contributed by atoms with Crippen molar-refractivity contribution in [1.29, 1.82) is 0 Å². The second-order valence-corrected chi connectivity index (χ2v) is 6.35. The van der Waals surface area contributed by atoms with Crippen molar-refractivity contribution in [3.8, 4) is 5.88 Å². The highest BCUT2D eigenvalue weighted by atomic mass is 16.5. The molecule has 0 aromatic carbocycles. The molecule has 132 valence electrons. The minimum atomic E-state index is -0.565. The molecule has 6 nitrogen and oxygen atoms in total. The highest BCUT2D eigenvalue weighted by Crippen LogP contribution is 2.22. The van der Waals surface area contributed by atoms with Gasteiger partial charge in [0.2, 0.25) is 11.8 Å². The first-order valence-electron chi connectivity index (χ1n) is 7.99. The summed E-state index contributed by atoms with van der Waals surface area (Å²) in [4.78, 5) is 28.1. The molecule has 0 spiro atoms. The largest absolute Gasteiger partial charge is 0.481 e. The van der Waals surface area contributed by atoms with Crippen molar-refractivity contribution in [1.82, 2.24) is 4.98 Å². The lowest BCUT2D eigenvalue weighted by molar-refractivity contribution is -0.137. The number of rotatable bonds is 7. The number of esters is 1. The summed E-state index contributed by atoms with van der Waals surface area (Å²) >= 11 is 0. The first kappa shape index (κ1) is 19.7. The third-order valence-corrected chi connectivity index (χ3v) is 3.16. The number of unbranched alkanes of at least 4 members (excludes halogenated alkanes) is 1. The molecule has 0 saturated heterocycles. The third kappa shape index (κ3) is 6.40. The second kappa shape index (κ2) is 9.05. The van der Waals surface area contributed by atoms with Crippen molar-refractivity contribution in [2.75, 3.05) is 19.0 Å². The van der Waals surface area contributed by atoms with E-state index >= 15 is 0 Å². The van der Waals surface area contributed by atoms with Crippen LogP contribution in [0, 0.1) is 5.41 Å². The van der Waals surface area contributed by atoms with Gasteiger partial charge < -0.3 is 14.8 Å². The number of aromatic nitrogens is 1. The lowest BCUT2D eigenvalue weighted by Crippen LogP contribution is -2.28. The molecule has 0 unspecified atom stereocenters. The predicted molar refractivity (Wildman–Crippen MR) is 93.8 cm³/mol. The third-order valence-electron chi connectivity index (χ3n) is 3.16. The molecule has 0 aliphatic heterocycles. The zero-order valence-corrected chi connectivity index (χ0v) is 15.0. The summed E-state index contributed by atoms with van der Waals surface area (Å²) in [6.07, 6.45) is 4.68. The van der Waals surface area contributed by atoms with Gasteiger partial charge in [0, 0.05) is 23.1 Å². The number of hydrogen-bond acceptors (Lipinski definition) is 5. The van der Waals surface area contributed by atoms with Crippen LogP contribution in [-0.2, 0) is 14.3 Å². The number of nitrogens with zero attached hydrogens (tertiary/aromatic N) is 1. The van der Waals surface area contributed by atoms with E-state index in [0.717, 1.165) is 12.8 Å². The van der Waals surface area contributed by atoms with Gasteiger partial charge in [-0.05, 0) is 18.6 Å². The first-order valence-corrected chi connectivity index (χ1v) is 7.99. The molecule has 0 aliphatic carbocycles. The molecule has 0 saturated carbocycles. The Morgan fingerprint density at radius 1 is 1.29 bits per heavy atom. The van der Waals surface area contributed by atoms with E-state index in [0.29, 0.717) is 23.9 Å². The maximum absolute atomic E-state index is 12.2. The molecular formula is C18H26N2O4. The number of pyridine rings is 1. The minimum Gasteiger partial charge on any atom is -0.481 e. The molecule has 1 rings (SSSR count). The number of nitrogens with one attached hydrogen (secondary N) is 1. The molecule has 0 fully saturated rings. The maximum atomic E-state index is 12.2. The van der Waals surface area contributed by atoms with Gasteiger partial charge in [-0.25, -0.2) is 4.79 Å². The van der Waals surface area contributed by atoms with E-state index in [1.807, 2.05) is 27.7 Å². The van der Waals surface area contributed by atoms with Gasteiger partial charge in [-0.3, -0.25) is 4.79 Å². The number of carbonyl (C=O) groups excluding carboxylic acids is 2. The molecule has 1 aromatic rings. The highest BCUT2D eigenvalue weighted by Gasteiger charge is 2.22. The van der Waals surface area contributed by atoms with Gasteiger partial charge in [0.05, 0.1) is 13.7 Å². The van der Waals surface area contributed by atoms with Crippen LogP contribution in [0.2, 0.25) is 0 Å². The van der Waals surface area contributed by atoms with Gasteiger partial charge in [0.15, 0.2) is 0 Å². The molecule has 1 amide bonds. The van der Waals surface area contributed by atoms with Crippen LogP contribution in [0.3, 0.4) is 0 Å². The number of anilines is 1. The van der Waals surface area contributed by atoms with E-state index in [9.17, 15) is 9.59 Å². The van der Waals surface area contributed by atoms with Crippen LogP contribution >= 0.6 is 0 Å². The van der Waals surface area contributed by atoms with Crippen LogP contribution in [0.25, 0.3) is 6.08 Å². The Morgan fingerprint density at radius 3 is 2.58 bits per heavy atom. The lowest BCUT2D eigenvalue weighted by atomic mass is 9.95. The van der Waals surface area contributed by atoms with E-state index in [2.05, 4.69) is 10.3 Å². The maximum Gasteiger partial charge on any atom is 0.330 e. The van der Waals surface area contributed by atoms with Crippen LogP contribution in [0.5, 0.6) is 5.88 Å². The molecule has 1 heterocycles. The van der Waals surface area contributed by atoms with E-state index < -0.39 is 11.4 Å². The summed E-state index contributed by atoms with van der Waals surface area (Å²) < 4.78 is 10.2. The van der Waals surface area contributed by atoms with Crippen LogP contribution < -0.4 is 10.1 Å². The molecule has 0 aliphatic rings. The van der Waals surface area contributed by atoms with Gasteiger partial charge in [-0.15, -0.1) is 0 Å². The van der Waals surface area contributed by atoms with Crippen LogP contribution in [0.1, 0.15) is 46.1 Å². The topological polar surface area (TPSA) is 77.5 Å². The molecular weight excluding hydrogens is 308 g/mol. The smallest absolute Gasteiger partial charge is 0.330 e. The predicted octanol–water partition coefficient (Wildman–Crippen LogP) is 3.43. The number of ether oxygens (including phenoxy) is 2. The summed E-state index contributed by atoms with van der Waals surface area (Å²) in [5.74, 6) is 0.115. The first-order chi connectivity index (χ1) is 11.3. The second-order valence-electron chi connectivity index (χ2n) is 6.35. The van der Waals surface area contributed by atoms with Gasteiger partial charge >= 0.3 is 5.97 Å². The Balaban J connectivity index is 2.93. The molecule has 24 heavy (non-hydrogen) atoms. The summed E-state index contributed by atoms with van der Waals surface area (Å²) in [6.45, 7) is 7.85. The number of methoxy groups -OCH3 is 1. The van der Waals surface area contributed by atoms with Crippen LogP contribution in [-0.4, -0.2) is 30.6 Å². The van der Waals surface area contributed by atoms with Crippen molar-refractivity contribution in [2.24, 2.45) is 5.41 Å². The number of carbonyl (C=O) groups is 2. The number of amides is 1. The average molecular weight is 334 g/mol. The van der Waals surface area contributed by atoms with E-state index in [-0.39, 0.29) is 5.91 Å². The summed E-state index contributed by atoms with van der Waals surface area (Å²) in [7, 11) is 1.50. The molecule has 0 radical (unpaired) electrons. The molecule has 6 heteroatoms. The Kier molecular flexibility index (Phi) is 7.42. The minimum absolute atomic E-state index is 0.177. The molecule has 0 bridgehead atoms. The van der Waals surface area contributed by atoms with E-state index in [1.54, 1.807) is 18.2 Å². The van der Waals surface area contributed by atoms with Crippen molar-refractivity contribution < 1.29 is 19.1 Å². The fourth-order valence-corrected chi connectivity index (χ4v) is 1.62. The molecule has 1 N–H and O–H groups in total. The summed E-state index contributed by atoms with van der Waals surface area (Å²) in [5.41, 5.74) is 0.0333. The zero-order valence-electron chi connectivity index (χ0n) is 15.0. The quantitative estimate of drug-likeness (QED) is 0.469. The fourth-order valence-electron chi connectivity index (χ4n) is 1.62. The number of hydrogen-bond donors (Lipinski definition) is 1. The van der Waals surface area contributed by atoms with Gasteiger partial charge in [0.25, 0.3) is 0 Å². The Labute approximate surface area is 143 Å². The highest BCUT2D eigenvalue weighted by molar-refractivity contribution is 5.96. The molecule has 1 aromatic heterocycles. The molecule has 0 atom stereocenters. The van der Waals surface area contributed by atoms with Gasteiger partial charge in [-0.1, -0.05) is 34.1 Å². The van der Waals surface area contributed by atoms with Gasteiger partial charge in [0.1, 0.15) is 5.82 Å². The zero-order chi connectivity index (χ0) is 18.2. The van der Waals surface area contributed by atoms with Crippen molar-refractivity contribution in [3.05, 3.63) is 23.8 Å². The SMILES string of the molecule is CCCCOC(=O)/C=C/c1ccc(OC)nc1NC(=O)C(C)(C)C. The fraction of sp³-hybridized carbons (Fsp3) is 0.500. The van der Waals surface area contributed by atoms with E-state index in [4.69, 9.17) is 9.47 Å². The van der Waals surface area contributed by atoms with Crippen LogP contribution in [0.4, 0.5) is 5.82 Å². The van der Waals surface area contributed by atoms with Crippen LogP contribution in [0.15, 0.2) is 18.2 Å². The summed E-state index contributed by atoms with van der Waals surface area (Å²) in [6, 6.07) is 3.38. The average Bonchev–Trinajstić information content (AvgIpc) is 2.52. The normalized spacial score (nSPS) is 11.4. The van der Waals surface area contributed by atoms with E-state index in [1.165, 1.54) is 13.2 Å². The monoisotopic (exact) mass is 334 g/mol. The Hall–Kier alpha value is -2.37. The summed E-state index contributed by atoms with van der Waals surface area (Å²) in [5, 5.41) is 2.77. The van der Waals surface area contributed by atoms with Gasteiger partial charge in [-0.2, -0.15) is 4.98 Å². The van der Waals surface area contributed by atoms with Crippen molar-refractivity contribution >= 4 is 23.8 Å². The van der Waals surface area contributed by atoms with Crippen molar-refractivity contribution in [2.45, 2.75) is 40.5 Å². The Morgan fingerprint density at radius 2 is 2.00 bits per heavy atom. The Bertz CT molecular complexity index is 604. The standard InChI is InChI=1S/C18H26N2O4/c1-6-7-12-24-15(21)11-9-13-8-10-14(23-5)19-16(13)20-17(22)18(2,3)4/h8-11H,6-7,12H2,1-5H3,(H,19,20,22)/b11-9+. The van der Waals surface area contributed by atoms with Crippen molar-refractivity contribution in [3.63, 3.8) is 0 Å².